The van der Waals surface area contributed by atoms with Gasteiger partial charge in [0.1, 0.15) is 11.4 Å². The van der Waals surface area contributed by atoms with E-state index in [1.54, 1.807) is 5.57 Å². The molecule has 2 aliphatic heterocycles. The molecule has 7 rings (SSSR count). The van der Waals surface area contributed by atoms with Crippen LogP contribution in [0.1, 0.15) is 80.1 Å². The number of nitrogens with two attached hydrogens (primary N) is 1. The van der Waals surface area contributed by atoms with Crippen molar-refractivity contribution in [3.63, 3.8) is 0 Å². The van der Waals surface area contributed by atoms with Gasteiger partial charge in [0.25, 0.3) is 0 Å². The second-order valence-corrected chi connectivity index (χ2v) is 15.1. The summed E-state index contributed by atoms with van der Waals surface area (Å²) in [5.41, 5.74) is 8.14. The molecule has 0 aromatic heterocycles. The lowest BCUT2D eigenvalue weighted by Crippen LogP contribution is -2.76. The van der Waals surface area contributed by atoms with E-state index in [0.29, 0.717) is 42.7 Å². The summed E-state index contributed by atoms with van der Waals surface area (Å²) >= 11 is 0. The van der Waals surface area contributed by atoms with Gasteiger partial charge in [-0.3, -0.25) is 0 Å². The highest BCUT2D eigenvalue weighted by atomic mass is 16.5. The van der Waals surface area contributed by atoms with Gasteiger partial charge in [-0.2, -0.15) is 0 Å². The first kappa shape index (κ1) is 26.0. The molecule has 2 N–H and O–H groups in total. The second-order valence-electron chi connectivity index (χ2n) is 15.1. The van der Waals surface area contributed by atoms with Crippen molar-refractivity contribution in [2.75, 3.05) is 26.9 Å². The molecule has 0 amide bonds. The van der Waals surface area contributed by atoms with E-state index in [9.17, 15) is 0 Å². The smallest absolute Gasteiger partial charge is 0.122 e. The van der Waals surface area contributed by atoms with Crippen LogP contribution in [0.15, 0.2) is 23.5 Å². The zero-order valence-corrected chi connectivity index (χ0v) is 24.8. The zero-order chi connectivity index (χ0) is 26.9. The maximum Gasteiger partial charge on any atom is 0.122 e. The van der Waals surface area contributed by atoms with E-state index < -0.39 is 0 Å². The molecule has 5 heteroatoms. The highest BCUT2D eigenvalue weighted by Crippen LogP contribution is 2.81. The normalized spacial score (nSPS) is 54.6. The Bertz CT molecular complexity index is 1070. The minimum Gasteiger partial charge on any atom is -0.490 e. The molecular formula is C33H51NO4. The van der Waals surface area contributed by atoms with Gasteiger partial charge in [-0.15, -0.1) is 0 Å². The zero-order valence-electron chi connectivity index (χ0n) is 24.8. The molecule has 5 nitrogen and oxygen atoms in total. The van der Waals surface area contributed by atoms with Crippen LogP contribution in [0.5, 0.6) is 0 Å². The predicted molar refractivity (Wildman–Crippen MR) is 148 cm³/mol. The minimum atomic E-state index is -0.0672. The highest BCUT2D eigenvalue weighted by molar-refractivity contribution is 5.47. The third-order valence-corrected chi connectivity index (χ3v) is 14.0. The van der Waals surface area contributed by atoms with Crippen LogP contribution in [0, 0.1) is 51.2 Å². The van der Waals surface area contributed by atoms with Crippen molar-refractivity contribution in [1.29, 1.82) is 0 Å². The van der Waals surface area contributed by atoms with Gasteiger partial charge in [0.05, 0.1) is 37.4 Å². The molecule has 5 fully saturated rings. The summed E-state index contributed by atoms with van der Waals surface area (Å²) in [7, 11) is 1.88. The van der Waals surface area contributed by atoms with Gasteiger partial charge < -0.3 is 24.7 Å². The van der Waals surface area contributed by atoms with E-state index in [0.717, 1.165) is 19.4 Å². The molecule has 0 aromatic rings. The molecule has 2 heterocycles. The van der Waals surface area contributed by atoms with E-state index in [4.69, 9.17) is 24.7 Å². The number of hydrogen-bond acceptors (Lipinski definition) is 5. The standard InChI is InChI=1S/C33H51NO4/c1-19(2)20(3)33-13-12-30(6)22-8-9-26-29(5)18-37-21(4)32(26,17-25(35-7)28(29)36-15-14-34)23(22)10-11-31(30)16-24(38-33)27(31)33/h10,16,19-22,25-28H,8-9,11-15,17-18,34H2,1-7H3. The summed E-state index contributed by atoms with van der Waals surface area (Å²) in [5.74, 6) is 4.30. The van der Waals surface area contributed by atoms with E-state index in [1.165, 1.54) is 31.4 Å². The Balaban J connectivity index is 1.31. The molecule has 38 heavy (non-hydrogen) atoms. The van der Waals surface area contributed by atoms with Crippen LogP contribution >= 0.6 is 0 Å². The summed E-state index contributed by atoms with van der Waals surface area (Å²) in [5, 5.41) is 0. The Hall–Kier alpha value is -0.880. The number of ether oxygens (including phenoxy) is 4. The molecular weight excluding hydrogens is 474 g/mol. The van der Waals surface area contributed by atoms with Crippen molar-refractivity contribution in [1.82, 2.24) is 0 Å². The van der Waals surface area contributed by atoms with Crippen molar-refractivity contribution in [3.8, 4) is 0 Å². The first-order chi connectivity index (χ1) is 18.1. The van der Waals surface area contributed by atoms with Gasteiger partial charge in [-0.1, -0.05) is 46.3 Å². The van der Waals surface area contributed by atoms with Crippen LogP contribution in [0.2, 0.25) is 0 Å². The fourth-order valence-electron chi connectivity index (χ4n) is 11.8. The van der Waals surface area contributed by atoms with Gasteiger partial charge >= 0.3 is 0 Å². The number of allylic oxidation sites excluding steroid dienone is 2. The van der Waals surface area contributed by atoms with Crippen LogP contribution in [0.3, 0.4) is 0 Å². The third-order valence-electron chi connectivity index (χ3n) is 14.0. The van der Waals surface area contributed by atoms with Gasteiger partial charge in [-0.25, -0.2) is 0 Å². The van der Waals surface area contributed by atoms with Crippen LogP contribution in [-0.2, 0) is 18.9 Å². The molecule has 0 radical (unpaired) electrons. The Morgan fingerprint density at radius 3 is 2.63 bits per heavy atom. The van der Waals surface area contributed by atoms with E-state index in [1.807, 2.05) is 7.11 Å². The summed E-state index contributed by atoms with van der Waals surface area (Å²) in [6, 6.07) is 0. The Morgan fingerprint density at radius 2 is 1.95 bits per heavy atom. The molecule has 1 spiro atoms. The first-order valence-electron chi connectivity index (χ1n) is 15.6. The highest BCUT2D eigenvalue weighted by Gasteiger charge is 2.79. The quantitative estimate of drug-likeness (QED) is 0.439. The average Bonchev–Trinajstić information content (AvgIpc) is 2.87. The molecule has 12 atom stereocenters. The van der Waals surface area contributed by atoms with Gasteiger partial charge in [-0.05, 0) is 80.6 Å². The van der Waals surface area contributed by atoms with Gasteiger partial charge in [0.15, 0.2) is 0 Å². The molecule has 3 saturated carbocycles. The maximum absolute atomic E-state index is 6.75. The molecule has 2 saturated heterocycles. The Kier molecular flexibility index (Phi) is 5.56. The molecule has 212 valence electrons. The number of hydrogen-bond donors (Lipinski definition) is 1. The number of methoxy groups -OCH3 is 1. The largest absolute Gasteiger partial charge is 0.490 e. The predicted octanol–water partition coefficient (Wildman–Crippen LogP) is 5.88. The second kappa shape index (κ2) is 8.11. The van der Waals surface area contributed by atoms with Crippen molar-refractivity contribution >= 4 is 0 Å². The first-order valence-corrected chi connectivity index (χ1v) is 15.6. The molecule has 7 aliphatic rings. The lowest BCUT2D eigenvalue weighted by atomic mass is 9.31. The topological polar surface area (TPSA) is 62.9 Å². The van der Waals surface area contributed by atoms with Crippen LogP contribution in [0.25, 0.3) is 0 Å². The Morgan fingerprint density at radius 1 is 1.16 bits per heavy atom. The van der Waals surface area contributed by atoms with E-state index in [-0.39, 0.29) is 45.6 Å². The van der Waals surface area contributed by atoms with Crippen molar-refractivity contribution in [2.45, 2.75) is 104 Å². The molecule has 12 unspecified atom stereocenters. The summed E-state index contributed by atoms with van der Waals surface area (Å²) in [6.45, 7) is 16.5. The number of fused-ring (bicyclic) bond motifs is 2. The average molecular weight is 526 g/mol. The lowest BCUT2D eigenvalue weighted by Gasteiger charge is -2.78. The summed E-state index contributed by atoms with van der Waals surface area (Å²) in [6.07, 6.45) is 12.7. The van der Waals surface area contributed by atoms with Gasteiger partial charge in [0.2, 0.25) is 0 Å². The van der Waals surface area contributed by atoms with Crippen LogP contribution in [0.4, 0.5) is 0 Å². The summed E-state index contributed by atoms with van der Waals surface area (Å²) in [4.78, 5) is 0. The van der Waals surface area contributed by atoms with Crippen LogP contribution < -0.4 is 5.73 Å². The molecule has 2 bridgehead atoms. The Labute approximate surface area is 230 Å². The van der Waals surface area contributed by atoms with Crippen molar-refractivity contribution in [2.24, 2.45) is 57.0 Å². The fraction of sp³-hybridized carbons (Fsp3) is 0.879. The minimum absolute atomic E-state index is 0.0238. The van der Waals surface area contributed by atoms with Crippen LogP contribution in [-0.4, -0.2) is 50.8 Å². The van der Waals surface area contributed by atoms with Crippen molar-refractivity contribution < 1.29 is 18.9 Å². The third kappa shape index (κ3) is 2.70. The monoisotopic (exact) mass is 525 g/mol. The fourth-order valence-corrected chi connectivity index (χ4v) is 11.8. The lowest BCUT2D eigenvalue weighted by molar-refractivity contribution is -0.312. The molecule has 0 aromatic carbocycles. The van der Waals surface area contributed by atoms with E-state index in [2.05, 4.69) is 53.7 Å². The van der Waals surface area contributed by atoms with Crippen molar-refractivity contribution in [3.05, 3.63) is 23.5 Å². The van der Waals surface area contributed by atoms with Gasteiger partial charge in [0, 0.05) is 29.9 Å². The molecule has 5 aliphatic carbocycles. The van der Waals surface area contributed by atoms with E-state index >= 15 is 0 Å². The summed E-state index contributed by atoms with van der Waals surface area (Å²) < 4.78 is 26.2. The SMILES string of the molecule is COC1CC23C4=CCC56C=C7OC(C(C)C(C)C)(CCC5(C)C4CCC2C(C)(COC3C)C1OCCN)C76. The maximum atomic E-state index is 6.75. The number of rotatable bonds is 6.